The Hall–Kier alpha value is -2.07. The second-order valence-corrected chi connectivity index (χ2v) is 5.66. The minimum Gasteiger partial charge on any atom is -0.398 e. The van der Waals surface area contributed by atoms with Crippen molar-refractivity contribution in [2.75, 3.05) is 11.1 Å². The second kappa shape index (κ2) is 5.13. The minimum atomic E-state index is 0.725. The van der Waals surface area contributed by atoms with Crippen molar-refractivity contribution in [3.8, 4) is 0 Å². The van der Waals surface area contributed by atoms with E-state index in [1.165, 1.54) is 5.56 Å². The Morgan fingerprint density at radius 2 is 1.85 bits per heavy atom. The van der Waals surface area contributed by atoms with E-state index in [1.54, 1.807) is 6.20 Å². The van der Waals surface area contributed by atoms with Crippen molar-refractivity contribution in [1.82, 2.24) is 4.98 Å². The molecule has 1 heterocycles. The summed E-state index contributed by atoms with van der Waals surface area (Å²) in [4.78, 5) is 4.47. The lowest BCUT2D eigenvalue weighted by Crippen LogP contribution is -1.96. The van der Waals surface area contributed by atoms with E-state index in [0.717, 1.165) is 32.4 Å². The molecule has 0 bridgehead atoms. The lowest BCUT2D eigenvalue weighted by Gasteiger charge is -2.11. The van der Waals surface area contributed by atoms with Crippen LogP contribution < -0.4 is 11.1 Å². The zero-order valence-corrected chi connectivity index (χ0v) is 12.6. The number of anilines is 3. The van der Waals surface area contributed by atoms with Crippen molar-refractivity contribution in [2.45, 2.75) is 6.92 Å². The number of hydrogen-bond donors (Lipinski definition) is 2. The lowest BCUT2D eigenvalue weighted by atomic mass is 10.1. The van der Waals surface area contributed by atoms with E-state index >= 15 is 0 Å². The van der Waals surface area contributed by atoms with Gasteiger partial charge in [-0.2, -0.15) is 0 Å². The molecular weight excluding hydrogens is 314 g/mol. The third-order valence-corrected chi connectivity index (χ3v) is 3.61. The Morgan fingerprint density at radius 1 is 1.10 bits per heavy atom. The smallest absolute Gasteiger partial charge is 0.0958 e. The van der Waals surface area contributed by atoms with Crippen LogP contribution in [0.25, 0.3) is 10.9 Å². The van der Waals surface area contributed by atoms with Crippen LogP contribution in [0.4, 0.5) is 17.1 Å². The Labute approximate surface area is 126 Å². The number of nitrogens with two attached hydrogens (primary N) is 1. The molecule has 0 spiro atoms. The third-order valence-electron chi connectivity index (χ3n) is 3.18. The van der Waals surface area contributed by atoms with Gasteiger partial charge in [0.05, 0.1) is 11.2 Å². The summed E-state index contributed by atoms with van der Waals surface area (Å²) in [6.45, 7) is 2.07. The highest BCUT2D eigenvalue weighted by Crippen LogP contribution is 2.30. The highest BCUT2D eigenvalue weighted by Gasteiger charge is 2.06. The van der Waals surface area contributed by atoms with Crippen LogP contribution in [0.3, 0.4) is 0 Å². The molecule has 0 unspecified atom stereocenters. The van der Waals surface area contributed by atoms with Crippen LogP contribution >= 0.6 is 15.9 Å². The number of fused-ring (bicyclic) bond motifs is 1. The zero-order chi connectivity index (χ0) is 14.1. The van der Waals surface area contributed by atoms with Crippen molar-refractivity contribution < 1.29 is 0 Å². The van der Waals surface area contributed by atoms with Gasteiger partial charge >= 0.3 is 0 Å². The molecule has 4 heteroatoms. The van der Waals surface area contributed by atoms with Crippen molar-refractivity contribution >= 4 is 43.9 Å². The van der Waals surface area contributed by atoms with Crippen LogP contribution in [0.15, 0.2) is 53.1 Å². The first-order valence-electron chi connectivity index (χ1n) is 6.31. The molecule has 20 heavy (non-hydrogen) atoms. The summed E-state index contributed by atoms with van der Waals surface area (Å²) < 4.78 is 0.921. The highest BCUT2D eigenvalue weighted by molar-refractivity contribution is 9.10. The topological polar surface area (TPSA) is 50.9 Å². The molecule has 0 amide bonds. The Morgan fingerprint density at radius 3 is 2.60 bits per heavy atom. The van der Waals surface area contributed by atoms with Gasteiger partial charge in [-0.3, -0.25) is 4.98 Å². The van der Waals surface area contributed by atoms with Crippen LogP contribution in [-0.4, -0.2) is 4.98 Å². The van der Waals surface area contributed by atoms with E-state index in [9.17, 15) is 0 Å². The fourth-order valence-electron chi connectivity index (χ4n) is 2.11. The number of aromatic nitrogens is 1. The minimum absolute atomic E-state index is 0.725. The molecule has 0 saturated heterocycles. The number of nitrogen functional groups attached to an aromatic ring is 1. The van der Waals surface area contributed by atoms with Crippen molar-refractivity contribution in [2.24, 2.45) is 0 Å². The van der Waals surface area contributed by atoms with Gasteiger partial charge in [-0.1, -0.05) is 17.7 Å². The molecule has 0 saturated carbocycles. The molecule has 0 aliphatic carbocycles. The van der Waals surface area contributed by atoms with E-state index in [-0.39, 0.29) is 0 Å². The van der Waals surface area contributed by atoms with Crippen LogP contribution in [-0.2, 0) is 0 Å². The molecule has 0 aliphatic rings. The molecule has 3 rings (SSSR count). The largest absolute Gasteiger partial charge is 0.398 e. The molecule has 0 atom stereocenters. The van der Waals surface area contributed by atoms with Crippen molar-refractivity contribution in [3.05, 3.63) is 58.7 Å². The molecule has 0 radical (unpaired) electrons. The SMILES string of the molecule is Cc1ccc(Nc2ccc(N)c3cc(Br)cnc23)cc1. The quantitative estimate of drug-likeness (QED) is 0.674. The standard InChI is InChI=1S/C16H14BrN3/c1-10-2-4-12(5-3-10)20-15-7-6-14(18)13-8-11(17)9-19-16(13)15/h2-9,20H,18H2,1H3. The van der Waals surface area contributed by atoms with E-state index in [4.69, 9.17) is 5.73 Å². The first-order valence-corrected chi connectivity index (χ1v) is 7.10. The van der Waals surface area contributed by atoms with Gasteiger partial charge in [0.15, 0.2) is 0 Å². The van der Waals surface area contributed by atoms with Gasteiger partial charge in [-0.25, -0.2) is 0 Å². The van der Waals surface area contributed by atoms with Crippen LogP contribution in [0.5, 0.6) is 0 Å². The van der Waals surface area contributed by atoms with E-state index in [1.807, 2.05) is 18.2 Å². The maximum Gasteiger partial charge on any atom is 0.0958 e. The van der Waals surface area contributed by atoms with Gasteiger partial charge in [0.2, 0.25) is 0 Å². The molecular formula is C16H14BrN3. The Kier molecular flexibility index (Phi) is 3.32. The predicted octanol–water partition coefficient (Wildman–Crippen LogP) is 4.63. The van der Waals surface area contributed by atoms with Gasteiger partial charge < -0.3 is 11.1 Å². The molecule has 1 aromatic heterocycles. The Balaban J connectivity index is 2.08. The lowest BCUT2D eigenvalue weighted by molar-refractivity contribution is 1.38. The number of rotatable bonds is 2. The van der Waals surface area contributed by atoms with Gasteiger partial charge in [0, 0.05) is 27.4 Å². The van der Waals surface area contributed by atoms with Crippen molar-refractivity contribution in [3.63, 3.8) is 0 Å². The average molecular weight is 328 g/mol. The van der Waals surface area contributed by atoms with Crippen LogP contribution in [0.2, 0.25) is 0 Å². The molecule has 2 aromatic carbocycles. The molecule has 0 fully saturated rings. The maximum atomic E-state index is 6.02. The van der Waals surface area contributed by atoms with E-state index < -0.39 is 0 Å². The first-order chi connectivity index (χ1) is 9.63. The van der Waals surface area contributed by atoms with Gasteiger partial charge in [0.1, 0.15) is 0 Å². The molecule has 3 N–H and O–H groups in total. The van der Waals surface area contributed by atoms with Crippen molar-refractivity contribution in [1.29, 1.82) is 0 Å². The summed E-state index contributed by atoms with van der Waals surface area (Å²) in [5, 5.41) is 4.33. The molecule has 3 nitrogen and oxygen atoms in total. The number of aryl methyl sites for hydroxylation is 1. The normalized spacial score (nSPS) is 10.7. The summed E-state index contributed by atoms with van der Waals surface area (Å²) in [7, 11) is 0. The number of nitrogens with zero attached hydrogens (tertiary/aromatic N) is 1. The average Bonchev–Trinajstić information content (AvgIpc) is 2.44. The predicted molar refractivity (Wildman–Crippen MR) is 88.3 cm³/mol. The van der Waals surface area contributed by atoms with Crippen LogP contribution in [0, 0.1) is 6.92 Å². The summed E-state index contributed by atoms with van der Waals surface area (Å²) >= 11 is 3.43. The third kappa shape index (κ3) is 2.47. The molecule has 0 aliphatic heterocycles. The van der Waals surface area contributed by atoms with E-state index in [2.05, 4.69) is 57.4 Å². The zero-order valence-electron chi connectivity index (χ0n) is 11.0. The van der Waals surface area contributed by atoms with Gasteiger partial charge in [0.25, 0.3) is 0 Å². The monoisotopic (exact) mass is 327 g/mol. The number of hydrogen-bond acceptors (Lipinski definition) is 3. The summed E-state index contributed by atoms with van der Waals surface area (Å²) in [6.07, 6.45) is 1.78. The molecule has 3 aromatic rings. The summed E-state index contributed by atoms with van der Waals surface area (Å²) in [5.41, 5.74) is 10.8. The van der Waals surface area contributed by atoms with Gasteiger partial charge in [-0.05, 0) is 53.2 Å². The molecule has 100 valence electrons. The first kappa shape index (κ1) is 12.9. The number of benzene rings is 2. The summed E-state index contributed by atoms with van der Waals surface area (Å²) in [5.74, 6) is 0. The van der Waals surface area contributed by atoms with Gasteiger partial charge in [-0.15, -0.1) is 0 Å². The fourth-order valence-corrected chi connectivity index (χ4v) is 2.44. The number of nitrogens with one attached hydrogen (secondary N) is 1. The Bertz CT molecular complexity index is 767. The van der Waals surface area contributed by atoms with Crippen LogP contribution in [0.1, 0.15) is 5.56 Å². The number of halogens is 1. The summed E-state index contributed by atoms with van der Waals surface area (Å²) in [6, 6.07) is 14.1. The second-order valence-electron chi connectivity index (χ2n) is 4.74. The maximum absolute atomic E-state index is 6.02. The highest BCUT2D eigenvalue weighted by atomic mass is 79.9. The number of pyridine rings is 1. The van der Waals surface area contributed by atoms with E-state index in [0.29, 0.717) is 0 Å². The fraction of sp³-hybridized carbons (Fsp3) is 0.0625.